The van der Waals surface area contributed by atoms with Gasteiger partial charge in [0, 0.05) is 0 Å². The minimum Gasteiger partial charge on any atom is -1.00 e. The summed E-state index contributed by atoms with van der Waals surface area (Å²) in [4.78, 5) is 0. The summed E-state index contributed by atoms with van der Waals surface area (Å²) in [5.74, 6) is 0. The number of halogens is 2. The van der Waals surface area contributed by atoms with Gasteiger partial charge in [0.25, 0.3) is 0 Å². The van der Waals surface area contributed by atoms with E-state index < -0.39 is 0 Å². The predicted molar refractivity (Wildman–Crippen MR) is 103 cm³/mol. The van der Waals surface area contributed by atoms with Gasteiger partial charge in [0.15, 0.2) is 0 Å². The summed E-state index contributed by atoms with van der Waals surface area (Å²) >= 11 is 1.51. The molecule has 0 spiro atoms. The summed E-state index contributed by atoms with van der Waals surface area (Å²) in [7, 11) is 0. The Morgan fingerprint density at radius 2 is 1.46 bits per heavy atom. The Morgan fingerprint density at radius 3 is 1.92 bits per heavy atom. The molecule has 0 atom stereocenters. The maximum absolute atomic E-state index is 2.16. The van der Waals surface area contributed by atoms with Crippen molar-refractivity contribution in [3.63, 3.8) is 0 Å². The van der Waals surface area contributed by atoms with E-state index in [9.17, 15) is 0 Å². The Kier molecular flexibility index (Phi) is 13.2. The minimum absolute atomic E-state index is 0. The second-order valence-corrected chi connectivity index (χ2v) is 7.45. The molecule has 0 aliphatic heterocycles. The number of aryl methyl sites for hydroxylation is 1. The molecular weight excluding hydrogens is 438 g/mol. The molecule has 0 nitrogen and oxygen atoms in total. The Balaban J connectivity index is 0.000000354. The third kappa shape index (κ3) is 8.90. The normalized spacial score (nSPS) is 8.77. The van der Waals surface area contributed by atoms with Crippen LogP contribution in [0.2, 0.25) is 0 Å². The van der Waals surface area contributed by atoms with Crippen LogP contribution in [0, 0.1) is 6.92 Å². The van der Waals surface area contributed by atoms with Crippen LogP contribution < -0.4 is 24.8 Å². The number of hydrogen-bond acceptors (Lipinski definition) is 0. The topological polar surface area (TPSA) is 0 Å². The van der Waals surface area contributed by atoms with Gasteiger partial charge in [-0.1, -0.05) is 13.0 Å². The van der Waals surface area contributed by atoms with Crippen molar-refractivity contribution in [2.24, 2.45) is 0 Å². The van der Waals surface area contributed by atoms with Crippen molar-refractivity contribution in [2.75, 3.05) is 0 Å². The molecule has 4 aromatic rings. The van der Waals surface area contributed by atoms with E-state index in [4.69, 9.17) is 0 Å². The second kappa shape index (κ2) is 13.9. The van der Waals surface area contributed by atoms with Gasteiger partial charge in [0.1, 0.15) is 0 Å². The van der Waals surface area contributed by atoms with Gasteiger partial charge in [-0.25, -0.2) is 11.6 Å². The zero-order chi connectivity index (χ0) is 17.2. The van der Waals surface area contributed by atoms with Crippen LogP contribution in [-0.2, 0) is 24.2 Å². The molecule has 26 heavy (non-hydrogen) atoms. The molecule has 0 bridgehead atoms. The van der Waals surface area contributed by atoms with Crippen LogP contribution in [0.3, 0.4) is 0 Å². The first-order valence-corrected chi connectivity index (χ1v) is 9.29. The van der Waals surface area contributed by atoms with Crippen LogP contribution in [0.4, 0.5) is 0 Å². The van der Waals surface area contributed by atoms with Gasteiger partial charge in [-0.15, -0.1) is 29.7 Å². The van der Waals surface area contributed by atoms with Crippen LogP contribution in [0.1, 0.15) is 18.1 Å². The van der Waals surface area contributed by atoms with E-state index in [0.717, 1.165) is 0 Å². The number of rotatable bonds is 1. The Morgan fingerprint density at radius 1 is 0.808 bits per heavy atom. The first-order chi connectivity index (χ1) is 11.7. The second-order valence-electron chi connectivity index (χ2n) is 5.61. The van der Waals surface area contributed by atoms with E-state index >= 15 is 0 Å². The fourth-order valence-corrected chi connectivity index (χ4v) is 2.64. The fraction of sp³-hybridized carbons (Fsp3) is 0.0870. The van der Waals surface area contributed by atoms with Crippen LogP contribution in [-0.4, -0.2) is 3.21 Å². The average Bonchev–Trinajstić information content (AvgIpc) is 3.28. The van der Waals surface area contributed by atoms with Crippen molar-refractivity contribution >= 4 is 14.0 Å². The summed E-state index contributed by atoms with van der Waals surface area (Å²) < 4.78 is 1.46. The smallest absolute Gasteiger partial charge is 0.0809 e. The maximum atomic E-state index is 2.16. The summed E-state index contributed by atoms with van der Waals surface area (Å²) in [5.41, 5.74) is 2.71. The third-order valence-electron chi connectivity index (χ3n) is 3.58. The summed E-state index contributed by atoms with van der Waals surface area (Å²) in [5, 5.41) is 2.66. The van der Waals surface area contributed by atoms with E-state index in [2.05, 4.69) is 92.7 Å². The maximum Gasteiger partial charge on any atom is -0.0809 e. The van der Waals surface area contributed by atoms with Gasteiger partial charge in [-0.05, 0) is 0 Å². The Bertz CT molecular complexity index is 816. The molecule has 0 N–H and O–H groups in total. The molecule has 0 fully saturated rings. The molecular formula is C23H22Cl2Zr-2. The van der Waals surface area contributed by atoms with Gasteiger partial charge in [-0.2, -0.15) is 35.7 Å². The Hall–Kier alpha value is -1.27. The van der Waals surface area contributed by atoms with Crippen molar-refractivity contribution in [3.05, 3.63) is 108 Å². The van der Waals surface area contributed by atoms with Crippen molar-refractivity contribution in [2.45, 2.75) is 13.8 Å². The monoisotopic (exact) mass is 458 g/mol. The van der Waals surface area contributed by atoms with Gasteiger partial charge in [-0.3, -0.25) is 0 Å². The van der Waals surface area contributed by atoms with E-state index in [1.165, 1.54) is 49.3 Å². The molecule has 0 saturated carbocycles. The molecule has 0 heterocycles. The quantitative estimate of drug-likeness (QED) is 0.353. The van der Waals surface area contributed by atoms with Crippen LogP contribution in [0.5, 0.6) is 0 Å². The molecule has 0 saturated heterocycles. The largest absolute Gasteiger partial charge is 1.00 e. The number of fused-ring (bicyclic) bond motifs is 1. The van der Waals surface area contributed by atoms with Crippen molar-refractivity contribution in [1.82, 2.24) is 0 Å². The van der Waals surface area contributed by atoms with Gasteiger partial charge in [0.05, 0.1) is 0 Å². The molecule has 0 aliphatic carbocycles. The SMILES string of the molecule is C[C](=[Zr+2])c1ccccc1.Cc1cc[cH-]c1.[Cl-].[Cl-].c1ccc2[cH-]ccc2c1. The zero-order valence-electron chi connectivity index (χ0n) is 15.0. The van der Waals surface area contributed by atoms with E-state index in [1.807, 2.05) is 18.2 Å². The first kappa shape index (κ1) is 24.7. The molecule has 0 amide bonds. The summed E-state index contributed by atoms with van der Waals surface area (Å²) in [6.45, 7) is 4.24. The molecule has 0 radical (unpaired) electrons. The van der Waals surface area contributed by atoms with E-state index in [-0.39, 0.29) is 24.8 Å². The van der Waals surface area contributed by atoms with E-state index in [0.29, 0.717) is 0 Å². The molecule has 0 aromatic heterocycles. The van der Waals surface area contributed by atoms with Crippen molar-refractivity contribution in [3.8, 4) is 0 Å². The van der Waals surface area contributed by atoms with Gasteiger partial charge < -0.3 is 24.8 Å². The summed E-state index contributed by atoms with van der Waals surface area (Å²) in [6.07, 6.45) is 0. The fourth-order valence-electron chi connectivity index (χ4n) is 2.23. The van der Waals surface area contributed by atoms with Crippen LogP contribution >= 0.6 is 0 Å². The summed E-state index contributed by atoms with van der Waals surface area (Å²) in [6, 6.07) is 33.4. The molecule has 4 aromatic carbocycles. The average molecular weight is 461 g/mol. The molecule has 0 aliphatic rings. The zero-order valence-corrected chi connectivity index (χ0v) is 19.0. The third-order valence-corrected chi connectivity index (χ3v) is 4.29. The van der Waals surface area contributed by atoms with Gasteiger partial charge >= 0.3 is 70.3 Å². The van der Waals surface area contributed by atoms with E-state index in [1.54, 1.807) is 0 Å². The first-order valence-electron chi connectivity index (χ1n) is 8.06. The van der Waals surface area contributed by atoms with Crippen molar-refractivity contribution < 1.29 is 49.0 Å². The van der Waals surface area contributed by atoms with Crippen LogP contribution in [0.25, 0.3) is 10.8 Å². The van der Waals surface area contributed by atoms with Crippen molar-refractivity contribution in [1.29, 1.82) is 0 Å². The van der Waals surface area contributed by atoms with Crippen LogP contribution in [0.15, 0.2) is 97.1 Å². The number of benzene rings is 2. The Labute approximate surface area is 184 Å². The molecule has 4 rings (SSSR count). The minimum atomic E-state index is 0. The molecule has 3 heteroatoms. The van der Waals surface area contributed by atoms with Gasteiger partial charge in [0.2, 0.25) is 0 Å². The standard InChI is InChI=1S/C9H7.C8H8.C6H7.2ClH.Zr/c1-2-5-9-7-3-6-8(9)4-1;1-2-8-6-4-3-5-7-8;1-6-4-2-3-5-6;;;/h1-7H;3-7H,1H3;2-5H,1H3;2*1H;/q-1;;-1;;;+2/p-2. The predicted octanol–water partition coefficient (Wildman–Crippen LogP) is 0.0544. The number of hydrogen-bond donors (Lipinski definition) is 0. The molecule has 0 unspecified atom stereocenters. The molecule has 134 valence electrons.